The summed E-state index contributed by atoms with van der Waals surface area (Å²) in [5.74, 6) is -0.242. The summed E-state index contributed by atoms with van der Waals surface area (Å²) >= 11 is 0. The van der Waals surface area contributed by atoms with Crippen LogP contribution in [0.15, 0.2) is 18.6 Å². The number of rotatable bonds is 8. The second kappa shape index (κ2) is 8.09. The summed E-state index contributed by atoms with van der Waals surface area (Å²) in [5.41, 5.74) is 0.593. The molecule has 1 unspecified atom stereocenters. The van der Waals surface area contributed by atoms with Crippen LogP contribution in [-0.2, 0) is 4.79 Å². The number of carbonyl (C=O) groups excluding carboxylic acids is 2. The Bertz CT molecular complexity index is 742. The summed E-state index contributed by atoms with van der Waals surface area (Å²) in [6.07, 6.45) is 5.68. The van der Waals surface area contributed by atoms with Crippen molar-refractivity contribution < 1.29 is 9.59 Å². The predicted molar refractivity (Wildman–Crippen MR) is 97.1 cm³/mol. The highest BCUT2D eigenvalue weighted by Crippen LogP contribution is 2.27. The van der Waals surface area contributed by atoms with Crippen LogP contribution in [0.5, 0.6) is 0 Å². The van der Waals surface area contributed by atoms with E-state index in [1.807, 2.05) is 20.8 Å². The lowest BCUT2D eigenvalue weighted by Crippen LogP contribution is -2.46. The zero-order chi connectivity index (χ0) is 18.4. The Kier molecular flexibility index (Phi) is 6.12. The number of nitrogens with one attached hydrogen (secondary N) is 3. The first-order valence-electron chi connectivity index (χ1n) is 8.78. The van der Waals surface area contributed by atoms with Gasteiger partial charge in [-0.3, -0.25) is 9.59 Å². The third kappa shape index (κ3) is 4.35. The van der Waals surface area contributed by atoms with Gasteiger partial charge >= 0.3 is 0 Å². The number of aromatic nitrogens is 3. The van der Waals surface area contributed by atoms with E-state index in [1.54, 1.807) is 12.3 Å². The van der Waals surface area contributed by atoms with E-state index in [2.05, 4.69) is 32.5 Å². The van der Waals surface area contributed by atoms with Gasteiger partial charge in [-0.25, -0.2) is 9.97 Å². The summed E-state index contributed by atoms with van der Waals surface area (Å²) < 4.78 is 0. The Morgan fingerprint density at radius 1 is 1.32 bits per heavy atom. The van der Waals surface area contributed by atoms with Crippen molar-refractivity contribution in [1.82, 2.24) is 25.6 Å². The van der Waals surface area contributed by atoms with Crippen LogP contribution in [0.4, 0.5) is 0 Å². The highest BCUT2D eigenvalue weighted by atomic mass is 16.2. The van der Waals surface area contributed by atoms with Crippen LogP contribution in [0.3, 0.4) is 0 Å². The van der Waals surface area contributed by atoms with Gasteiger partial charge in [0, 0.05) is 24.2 Å². The van der Waals surface area contributed by atoms with Crippen LogP contribution in [0, 0.1) is 5.41 Å². The first-order chi connectivity index (χ1) is 11.9. The molecule has 0 bridgehead atoms. The van der Waals surface area contributed by atoms with Gasteiger partial charge in [0.15, 0.2) is 0 Å². The zero-order valence-electron chi connectivity index (χ0n) is 15.3. The molecule has 7 nitrogen and oxygen atoms in total. The summed E-state index contributed by atoms with van der Waals surface area (Å²) in [4.78, 5) is 36.0. The molecule has 0 fully saturated rings. The number of H-pyrrole nitrogens is 1. The minimum atomic E-state index is -0.359. The molecular formula is C18H27N5O2. The molecule has 2 aromatic heterocycles. The average molecular weight is 345 g/mol. The molecule has 2 amide bonds. The van der Waals surface area contributed by atoms with Crippen LogP contribution in [0.25, 0.3) is 11.0 Å². The van der Waals surface area contributed by atoms with Gasteiger partial charge in [0.1, 0.15) is 17.7 Å². The van der Waals surface area contributed by atoms with E-state index in [0.717, 1.165) is 19.3 Å². The number of aromatic amines is 1. The van der Waals surface area contributed by atoms with Crippen LogP contribution in [0.1, 0.15) is 57.4 Å². The molecule has 0 aliphatic carbocycles. The molecule has 2 aromatic rings. The minimum Gasteiger partial charge on any atom is -0.354 e. The predicted octanol–water partition coefficient (Wildman–Crippen LogP) is 2.41. The van der Waals surface area contributed by atoms with Gasteiger partial charge in [-0.1, -0.05) is 27.2 Å². The summed E-state index contributed by atoms with van der Waals surface area (Å²) in [6, 6.07) is 1.57. The van der Waals surface area contributed by atoms with Crippen molar-refractivity contribution in [1.29, 1.82) is 0 Å². The molecule has 0 radical (unpaired) electrons. The molecule has 25 heavy (non-hydrogen) atoms. The van der Waals surface area contributed by atoms with E-state index in [9.17, 15) is 9.59 Å². The first kappa shape index (κ1) is 18.9. The van der Waals surface area contributed by atoms with Crippen LogP contribution in [-0.4, -0.2) is 39.4 Å². The maximum Gasteiger partial charge on any atom is 0.270 e. The van der Waals surface area contributed by atoms with Gasteiger partial charge < -0.3 is 15.6 Å². The number of hydrogen-bond donors (Lipinski definition) is 3. The normalized spacial score (nSPS) is 14.7. The smallest absolute Gasteiger partial charge is 0.270 e. The van der Waals surface area contributed by atoms with E-state index >= 15 is 0 Å². The fourth-order valence-electron chi connectivity index (χ4n) is 2.86. The van der Waals surface area contributed by atoms with Crippen molar-refractivity contribution in [2.24, 2.45) is 5.41 Å². The van der Waals surface area contributed by atoms with Gasteiger partial charge in [-0.05, 0) is 25.8 Å². The first-order valence-corrected chi connectivity index (χ1v) is 8.78. The molecule has 0 saturated carbocycles. The Labute approximate surface area is 148 Å². The molecule has 2 rings (SSSR count). The number of amides is 2. The molecule has 0 aliphatic heterocycles. The second-order valence-corrected chi connectivity index (χ2v) is 6.71. The Hall–Kier alpha value is -2.44. The summed E-state index contributed by atoms with van der Waals surface area (Å²) in [7, 11) is 0. The number of carbonyl (C=O) groups is 2. The van der Waals surface area contributed by atoms with E-state index in [-0.39, 0.29) is 23.3 Å². The Balaban J connectivity index is 1.94. The second-order valence-electron chi connectivity index (χ2n) is 6.71. The van der Waals surface area contributed by atoms with E-state index in [0.29, 0.717) is 23.3 Å². The highest BCUT2D eigenvalue weighted by Gasteiger charge is 2.30. The van der Waals surface area contributed by atoms with Gasteiger partial charge in [-0.2, -0.15) is 0 Å². The Morgan fingerprint density at radius 2 is 2.08 bits per heavy atom. The zero-order valence-corrected chi connectivity index (χ0v) is 15.3. The van der Waals surface area contributed by atoms with Crippen molar-refractivity contribution >= 4 is 22.8 Å². The van der Waals surface area contributed by atoms with Crippen molar-refractivity contribution in [2.45, 2.75) is 53.0 Å². The Morgan fingerprint density at radius 3 is 2.76 bits per heavy atom. The molecule has 136 valence electrons. The van der Waals surface area contributed by atoms with Gasteiger partial charge in [0.05, 0.1) is 5.39 Å². The van der Waals surface area contributed by atoms with Crippen molar-refractivity contribution in [3.63, 3.8) is 0 Å². The maximum atomic E-state index is 12.4. The molecule has 0 spiro atoms. The van der Waals surface area contributed by atoms with Crippen LogP contribution >= 0.6 is 0 Å². The van der Waals surface area contributed by atoms with Crippen LogP contribution < -0.4 is 10.6 Å². The molecule has 2 heterocycles. The monoisotopic (exact) mass is 345 g/mol. The fraction of sp³-hybridized carbons (Fsp3) is 0.556. The molecule has 7 heteroatoms. The van der Waals surface area contributed by atoms with E-state index < -0.39 is 0 Å². The third-order valence-electron chi connectivity index (χ3n) is 4.65. The molecular weight excluding hydrogens is 318 g/mol. The lowest BCUT2D eigenvalue weighted by atomic mass is 9.82. The fourth-order valence-corrected chi connectivity index (χ4v) is 2.86. The highest BCUT2D eigenvalue weighted by molar-refractivity contribution is 6.03. The maximum absolute atomic E-state index is 12.4. The van der Waals surface area contributed by atoms with E-state index in [1.165, 1.54) is 6.33 Å². The van der Waals surface area contributed by atoms with Gasteiger partial charge in [0.2, 0.25) is 5.91 Å². The van der Waals surface area contributed by atoms with Crippen LogP contribution in [0.2, 0.25) is 0 Å². The molecule has 3 N–H and O–H groups in total. The lowest BCUT2D eigenvalue weighted by Gasteiger charge is -2.27. The third-order valence-corrected chi connectivity index (χ3v) is 4.65. The summed E-state index contributed by atoms with van der Waals surface area (Å²) in [6.45, 7) is 8.33. The number of nitrogens with zero attached hydrogens (tertiary/aromatic N) is 2. The SMILES string of the molecule is CCCC(C)(CC)C(=O)NC[C@@H](C)NC(=O)c1ncnc2[nH]ccc12. The number of hydrogen-bond acceptors (Lipinski definition) is 4. The largest absolute Gasteiger partial charge is 0.354 e. The van der Waals surface area contributed by atoms with E-state index in [4.69, 9.17) is 0 Å². The van der Waals surface area contributed by atoms with Crippen molar-refractivity contribution in [2.75, 3.05) is 6.54 Å². The topological polar surface area (TPSA) is 99.8 Å². The molecule has 0 saturated heterocycles. The number of fused-ring (bicyclic) bond motifs is 1. The average Bonchev–Trinajstić information content (AvgIpc) is 3.08. The molecule has 0 aromatic carbocycles. The van der Waals surface area contributed by atoms with Gasteiger partial charge in [-0.15, -0.1) is 0 Å². The lowest BCUT2D eigenvalue weighted by molar-refractivity contribution is -0.130. The van der Waals surface area contributed by atoms with Crippen molar-refractivity contribution in [3.05, 3.63) is 24.3 Å². The van der Waals surface area contributed by atoms with Gasteiger partial charge in [0.25, 0.3) is 5.91 Å². The quantitative estimate of drug-likeness (QED) is 0.684. The summed E-state index contributed by atoms with van der Waals surface area (Å²) in [5, 5.41) is 6.51. The van der Waals surface area contributed by atoms with Crippen molar-refractivity contribution in [3.8, 4) is 0 Å². The standard InChI is InChI=1S/C18H27N5O2/c1-5-8-18(4,6-2)17(25)20-10-12(3)23-16(24)14-13-7-9-19-15(13)22-11-21-14/h7,9,11-12H,5-6,8,10H2,1-4H3,(H,20,25)(H,23,24)(H,19,21,22)/t12-,18?/m1/s1. The molecule has 0 aliphatic rings. The minimum absolute atomic E-state index is 0.0352. The molecule has 2 atom stereocenters.